The number of carbonyl (C=O) groups is 2. The van der Waals surface area contributed by atoms with Crippen molar-refractivity contribution in [2.75, 3.05) is 20.3 Å². The van der Waals surface area contributed by atoms with Crippen molar-refractivity contribution in [1.82, 2.24) is 10.2 Å². The molecule has 0 aromatic carbocycles. The zero-order valence-electron chi connectivity index (χ0n) is 10.3. The third-order valence-electron chi connectivity index (χ3n) is 3.57. The highest BCUT2D eigenvalue weighted by Crippen LogP contribution is 2.27. The fraction of sp³-hybridized carbons (Fsp3) is 0.833. The van der Waals surface area contributed by atoms with Crippen molar-refractivity contribution in [3.8, 4) is 0 Å². The average molecular weight is 240 g/mol. The van der Waals surface area contributed by atoms with Crippen LogP contribution in [0.15, 0.2) is 0 Å². The molecule has 1 saturated heterocycles. The Morgan fingerprint density at radius 3 is 2.71 bits per heavy atom. The number of methoxy groups -OCH3 is 1. The maximum atomic E-state index is 12.1. The molecule has 2 amide bonds. The van der Waals surface area contributed by atoms with Gasteiger partial charge in [-0.05, 0) is 12.8 Å². The number of hydrogen-bond donors (Lipinski definition) is 1. The second kappa shape index (κ2) is 5.60. The number of nitrogens with one attached hydrogen (secondary N) is 1. The summed E-state index contributed by atoms with van der Waals surface area (Å²) < 4.78 is 4.92. The van der Waals surface area contributed by atoms with Crippen LogP contribution in [-0.4, -0.2) is 49.1 Å². The van der Waals surface area contributed by atoms with Gasteiger partial charge in [-0.15, -0.1) is 0 Å². The van der Waals surface area contributed by atoms with E-state index in [1.807, 2.05) is 0 Å². The van der Waals surface area contributed by atoms with Crippen LogP contribution in [0.2, 0.25) is 0 Å². The molecule has 1 aliphatic heterocycles. The van der Waals surface area contributed by atoms with E-state index in [0.29, 0.717) is 19.6 Å². The molecule has 5 heteroatoms. The first-order valence-electron chi connectivity index (χ1n) is 6.32. The maximum Gasteiger partial charge on any atom is 0.247 e. The molecule has 0 spiro atoms. The summed E-state index contributed by atoms with van der Waals surface area (Å²) in [6, 6.07) is -0.178. The Hall–Kier alpha value is -0.940. The largest absolute Gasteiger partial charge is 0.383 e. The Kier molecular flexibility index (Phi) is 4.12. The average Bonchev–Trinajstić information content (AvgIpc) is 2.89. The van der Waals surface area contributed by atoms with Gasteiger partial charge in [0.25, 0.3) is 0 Å². The van der Waals surface area contributed by atoms with Gasteiger partial charge in [-0.1, -0.05) is 12.8 Å². The van der Waals surface area contributed by atoms with E-state index in [-0.39, 0.29) is 23.9 Å². The summed E-state index contributed by atoms with van der Waals surface area (Å²) in [5, 5.41) is 3.08. The minimum absolute atomic E-state index is 0.0168. The summed E-state index contributed by atoms with van der Waals surface area (Å²) in [6.45, 7) is 1.17. The number of nitrogens with zero attached hydrogens (tertiary/aromatic N) is 1. The summed E-state index contributed by atoms with van der Waals surface area (Å²) in [5.41, 5.74) is 0. The van der Waals surface area contributed by atoms with Crippen LogP contribution in [0.4, 0.5) is 0 Å². The van der Waals surface area contributed by atoms with E-state index < -0.39 is 0 Å². The third-order valence-corrected chi connectivity index (χ3v) is 3.57. The van der Waals surface area contributed by atoms with Gasteiger partial charge in [0.2, 0.25) is 11.8 Å². The number of amides is 2. The van der Waals surface area contributed by atoms with Crippen molar-refractivity contribution in [2.24, 2.45) is 0 Å². The number of hydrogen-bond acceptors (Lipinski definition) is 4. The molecule has 5 nitrogen and oxygen atoms in total. The SMILES string of the molecule is COCCNC1CC(=O)N(C2CCCC2)C1=O. The van der Waals surface area contributed by atoms with Crippen molar-refractivity contribution in [1.29, 1.82) is 0 Å². The fourth-order valence-corrected chi connectivity index (χ4v) is 2.69. The van der Waals surface area contributed by atoms with Crippen LogP contribution in [0.3, 0.4) is 0 Å². The zero-order chi connectivity index (χ0) is 12.3. The van der Waals surface area contributed by atoms with Gasteiger partial charge in [0.05, 0.1) is 19.1 Å². The second-order valence-corrected chi connectivity index (χ2v) is 4.74. The Bertz CT molecular complexity index is 300. The van der Waals surface area contributed by atoms with Crippen LogP contribution in [-0.2, 0) is 14.3 Å². The molecule has 96 valence electrons. The highest BCUT2D eigenvalue weighted by molar-refractivity contribution is 6.05. The van der Waals surface area contributed by atoms with Crippen molar-refractivity contribution >= 4 is 11.8 Å². The van der Waals surface area contributed by atoms with Gasteiger partial charge in [0, 0.05) is 19.7 Å². The van der Waals surface area contributed by atoms with Gasteiger partial charge < -0.3 is 10.1 Å². The van der Waals surface area contributed by atoms with E-state index in [1.54, 1.807) is 7.11 Å². The second-order valence-electron chi connectivity index (χ2n) is 4.74. The lowest BCUT2D eigenvalue weighted by Crippen LogP contribution is -2.43. The summed E-state index contributed by atoms with van der Waals surface area (Å²) >= 11 is 0. The maximum absolute atomic E-state index is 12.1. The quantitative estimate of drug-likeness (QED) is 0.554. The van der Waals surface area contributed by atoms with Crippen LogP contribution in [0.1, 0.15) is 32.1 Å². The normalized spacial score (nSPS) is 26.2. The molecule has 2 aliphatic rings. The highest BCUT2D eigenvalue weighted by atomic mass is 16.5. The van der Waals surface area contributed by atoms with Crippen molar-refractivity contribution < 1.29 is 14.3 Å². The number of imide groups is 1. The molecule has 0 bridgehead atoms. The van der Waals surface area contributed by atoms with E-state index in [9.17, 15) is 9.59 Å². The summed E-state index contributed by atoms with van der Waals surface area (Å²) in [7, 11) is 1.62. The summed E-state index contributed by atoms with van der Waals surface area (Å²) in [4.78, 5) is 25.4. The first kappa shape index (κ1) is 12.5. The Morgan fingerprint density at radius 2 is 2.06 bits per heavy atom. The topological polar surface area (TPSA) is 58.6 Å². The van der Waals surface area contributed by atoms with E-state index in [1.165, 1.54) is 4.90 Å². The molecule has 0 aromatic heterocycles. The van der Waals surface area contributed by atoms with E-state index in [4.69, 9.17) is 4.74 Å². The van der Waals surface area contributed by atoms with Crippen molar-refractivity contribution in [3.05, 3.63) is 0 Å². The summed E-state index contributed by atoms with van der Waals surface area (Å²) in [5.74, 6) is -0.0604. The van der Waals surface area contributed by atoms with Crippen LogP contribution in [0.5, 0.6) is 0 Å². The number of rotatable bonds is 5. The molecule has 1 aliphatic carbocycles. The Labute approximate surface area is 101 Å². The lowest BCUT2D eigenvalue weighted by Gasteiger charge is -2.22. The lowest BCUT2D eigenvalue weighted by molar-refractivity contribution is -0.141. The molecule has 2 fully saturated rings. The van der Waals surface area contributed by atoms with Crippen LogP contribution < -0.4 is 5.32 Å². The van der Waals surface area contributed by atoms with E-state index in [2.05, 4.69) is 5.32 Å². The Balaban J connectivity index is 1.91. The van der Waals surface area contributed by atoms with Crippen molar-refractivity contribution in [3.63, 3.8) is 0 Å². The van der Waals surface area contributed by atoms with E-state index in [0.717, 1.165) is 25.7 Å². The molecule has 1 heterocycles. The number of likely N-dealkylation sites (tertiary alicyclic amines) is 1. The molecule has 0 aromatic rings. The van der Waals surface area contributed by atoms with Gasteiger partial charge in [-0.3, -0.25) is 14.5 Å². The molecule has 1 unspecified atom stereocenters. The number of carbonyl (C=O) groups excluding carboxylic acids is 2. The van der Waals surface area contributed by atoms with Crippen LogP contribution in [0.25, 0.3) is 0 Å². The van der Waals surface area contributed by atoms with Crippen LogP contribution >= 0.6 is 0 Å². The van der Waals surface area contributed by atoms with Gasteiger partial charge in [-0.25, -0.2) is 0 Å². The molecule has 2 rings (SSSR count). The fourth-order valence-electron chi connectivity index (χ4n) is 2.69. The standard InChI is InChI=1S/C12H20N2O3/c1-17-7-6-13-10-8-11(15)14(12(10)16)9-4-2-3-5-9/h9-10,13H,2-8H2,1H3. The lowest BCUT2D eigenvalue weighted by atomic mass is 10.2. The predicted molar refractivity (Wildman–Crippen MR) is 62.4 cm³/mol. The smallest absolute Gasteiger partial charge is 0.247 e. The van der Waals surface area contributed by atoms with Gasteiger partial charge >= 0.3 is 0 Å². The third kappa shape index (κ3) is 2.66. The van der Waals surface area contributed by atoms with E-state index >= 15 is 0 Å². The first-order chi connectivity index (χ1) is 8.24. The van der Waals surface area contributed by atoms with Gasteiger partial charge in [0.1, 0.15) is 0 Å². The molecule has 0 radical (unpaired) electrons. The number of ether oxygens (including phenoxy) is 1. The zero-order valence-corrected chi connectivity index (χ0v) is 10.3. The Morgan fingerprint density at radius 1 is 1.35 bits per heavy atom. The highest BCUT2D eigenvalue weighted by Gasteiger charge is 2.42. The predicted octanol–water partition coefficient (Wildman–Crippen LogP) is 0.292. The minimum atomic E-state index is -0.335. The monoisotopic (exact) mass is 240 g/mol. The molecular weight excluding hydrogens is 220 g/mol. The van der Waals surface area contributed by atoms with Crippen LogP contribution in [0, 0.1) is 0 Å². The molecular formula is C12H20N2O3. The van der Waals surface area contributed by atoms with Crippen molar-refractivity contribution in [2.45, 2.75) is 44.2 Å². The molecule has 1 saturated carbocycles. The molecule has 17 heavy (non-hydrogen) atoms. The molecule has 1 N–H and O–H groups in total. The summed E-state index contributed by atoms with van der Waals surface area (Å²) in [6.07, 6.45) is 4.51. The first-order valence-corrected chi connectivity index (χ1v) is 6.32. The van der Waals surface area contributed by atoms with Gasteiger partial charge in [0.15, 0.2) is 0 Å². The molecule has 1 atom stereocenters. The van der Waals surface area contributed by atoms with Gasteiger partial charge in [-0.2, -0.15) is 0 Å². The minimum Gasteiger partial charge on any atom is -0.383 e.